The number of benzene rings is 2. The lowest BCUT2D eigenvalue weighted by Crippen LogP contribution is -2.06. The summed E-state index contributed by atoms with van der Waals surface area (Å²) in [7, 11) is 1.63. The van der Waals surface area contributed by atoms with E-state index in [1.165, 1.54) is 0 Å². The third-order valence-corrected chi connectivity index (χ3v) is 4.18. The van der Waals surface area contributed by atoms with E-state index in [4.69, 9.17) is 4.74 Å². The van der Waals surface area contributed by atoms with Crippen LogP contribution in [0.1, 0.15) is 27.0 Å². The molecule has 0 heterocycles. The molecule has 104 valence electrons. The van der Waals surface area contributed by atoms with Crippen LogP contribution < -0.4 is 4.74 Å². The van der Waals surface area contributed by atoms with Crippen molar-refractivity contribution >= 4 is 21.7 Å². The average molecular weight is 333 g/mol. The van der Waals surface area contributed by atoms with Crippen molar-refractivity contribution in [3.05, 3.63) is 63.1 Å². The summed E-state index contributed by atoms with van der Waals surface area (Å²) in [4.78, 5) is 12.4. The van der Waals surface area contributed by atoms with Gasteiger partial charge in [0.05, 0.1) is 7.11 Å². The second-order valence-corrected chi connectivity index (χ2v) is 5.72. The molecule has 0 aliphatic rings. The second kappa shape index (κ2) is 6.23. The molecule has 0 radical (unpaired) electrons. The largest absolute Gasteiger partial charge is 0.497 e. The number of ketones is 1. The smallest absolute Gasteiger partial charge is 0.167 e. The summed E-state index contributed by atoms with van der Waals surface area (Å²) in [5.74, 6) is 0.945. The van der Waals surface area contributed by atoms with Gasteiger partial charge in [-0.15, -0.1) is 0 Å². The van der Waals surface area contributed by atoms with E-state index < -0.39 is 0 Å². The predicted octanol–water partition coefficient (Wildman–Crippen LogP) is 4.50. The van der Waals surface area contributed by atoms with Gasteiger partial charge in [0.1, 0.15) is 5.75 Å². The van der Waals surface area contributed by atoms with Gasteiger partial charge in [-0.2, -0.15) is 0 Å². The molecule has 0 bridgehead atoms. The van der Waals surface area contributed by atoms with Crippen molar-refractivity contribution < 1.29 is 9.53 Å². The summed E-state index contributed by atoms with van der Waals surface area (Å²) in [6, 6.07) is 11.6. The SMILES string of the molecule is COc1ccc(CC(=O)c2cc(C)c(Br)cc2C)cc1. The zero-order valence-corrected chi connectivity index (χ0v) is 13.5. The van der Waals surface area contributed by atoms with Crippen LogP contribution in [0.3, 0.4) is 0 Å². The van der Waals surface area contributed by atoms with Crippen molar-refractivity contribution in [2.75, 3.05) is 7.11 Å². The number of Topliss-reactive ketones (excluding diaryl/α,β-unsaturated/α-hetero) is 1. The van der Waals surface area contributed by atoms with Gasteiger partial charge in [-0.05, 0) is 54.8 Å². The van der Waals surface area contributed by atoms with Crippen LogP contribution in [0, 0.1) is 13.8 Å². The van der Waals surface area contributed by atoms with Crippen LogP contribution in [0.2, 0.25) is 0 Å². The Kier molecular flexibility index (Phi) is 4.61. The summed E-state index contributed by atoms with van der Waals surface area (Å²) >= 11 is 3.49. The molecule has 2 aromatic carbocycles. The van der Waals surface area contributed by atoms with Crippen LogP contribution in [-0.4, -0.2) is 12.9 Å². The van der Waals surface area contributed by atoms with Crippen LogP contribution in [0.15, 0.2) is 40.9 Å². The first-order valence-electron chi connectivity index (χ1n) is 6.44. The topological polar surface area (TPSA) is 26.3 Å². The van der Waals surface area contributed by atoms with Gasteiger partial charge >= 0.3 is 0 Å². The Labute approximate surface area is 127 Å². The van der Waals surface area contributed by atoms with Crippen molar-refractivity contribution in [1.82, 2.24) is 0 Å². The quantitative estimate of drug-likeness (QED) is 0.770. The summed E-state index contributed by atoms with van der Waals surface area (Å²) < 4.78 is 6.15. The third-order valence-electron chi connectivity index (χ3n) is 3.33. The van der Waals surface area contributed by atoms with Crippen LogP contribution in [0.4, 0.5) is 0 Å². The van der Waals surface area contributed by atoms with Crippen LogP contribution >= 0.6 is 15.9 Å². The number of halogens is 1. The van der Waals surface area contributed by atoms with Crippen molar-refractivity contribution in [3.8, 4) is 5.75 Å². The molecular weight excluding hydrogens is 316 g/mol. The molecule has 0 aliphatic carbocycles. The molecule has 0 aromatic heterocycles. The highest BCUT2D eigenvalue weighted by Gasteiger charge is 2.12. The first-order chi connectivity index (χ1) is 9.51. The van der Waals surface area contributed by atoms with E-state index in [1.54, 1.807) is 7.11 Å². The van der Waals surface area contributed by atoms with Gasteiger partial charge in [0.2, 0.25) is 0 Å². The fraction of sp³-hybridized carbons (Fsp3) is 0.235. The minimum Gasteiger partial charge on any atom is -0.497 e. The van der Waals surface area contributed by atoms with E-state index in [9.17, 15) is 4.79 Å². The molecule has 0 spiro atoms. The van der Waals surface area contributed by atoms with E-state index in [-0.39, 0.29) is 5.78 Å². The molecule has 20 heavy (non-hydrogen) atoms. The van der Waals surface area contributed by atoms with E-state index >= 15 is 0 Å². The summed E-state index contributed by atoms with van der Waals surface area (Å²) in [6.45, 7) is 3.96. The molecule has 0 unspecified atom stereocenters. The molecule has 0 N–H and O–H groups in total. The summed E-state index contributed by atoms with van der Waals surface area (Å²) in [5, 5.41) is 0. The monoisotopic (exact) mass is 332 g/mol. The van der Waals surface area contributed by atoms with E-state index in [0.29, 0.717) is 6.42 Å². The van der Waals surface area contributed by atoms with E-state index in [0.717, 1.165) is 32.5 Å². The molecule has 0 saturated heterocycles. The molecule has 0 atom stereocenters. The van der Waals surface area contributed by atoms with Gasteiger partial charge in [0.25, 0.3) is 0 Å². The molecule has 2 aromatic rings. The Bertz CT molecular complexity index is 630. The van der Waals surface area contributed by atoms with Crippen molar-refractivity contribution in [2.24, 2.45) is 0 Å². The molecule has 0 amide bonds. The van der Waals surface area contributed by atoms with Gasteiger partial charge in [0.15, 0.2) is 5.78 Å². The van der Waals surface area contributed by atoms with Gasteiger partial charge < -0.3 is 4.74 Å². The number of ether oxygens (including phenoxy) is 1. The zero-order valence-electron chi connectivity index (χ0n) is 11.9. The lowest BCUT2D eigenvalue weighted by atomic mass is 9.97. The molecular formula is C17H17BrO2. The lowest BCUT2D eigenvalue weighted by molar-refractivity contribution is 0.0992. The first-order valence-corrected chi connectivity index (χ1v) is 7.23. The summed E-state index contributed by atoms with van der Waals surface area (Å²) in [6.07, 6.45) is 0.409. The first kappa shape index (κ1) is 14.8. The lowest BCUT2D eigenvalue weighted by Gasteiger charge is -2.09. The zero-order chi connectivity index (χ0) is 14.7. The second-order valence-electron chi connectivity index (χ2n) is 4.86. The fourth-order valence-electron chi connectivity index (χ4n) is 2.11. The predicted molar refractivity (Wildman–Crippen MR) is 84.6 cm³/mol. The maximum atomic E-state index is 12.4. The Balaban J connectivity index is 2.21. The highest BCUT2D eigenvalue weighted by Crippen LogP contribution is 2.22. The normalized spacial score (nSPS) is 10.4. The maximum absolute atomic E-state index is 12.4. The third kappa shape index (κ3) is 3.28. The maximum Gasteiger partial charge on any atom is 0.167 e. The van der Waals surface area contributed by atoms with Crippen molar-refractivity contribution in [3.63, 3.8) is 0 Å². The van der Waals surface area contributed by atoms with E-state index in [2.05, 4.69) is 15.9 Å². The highest BCUT2D eigenvalue weighted by atomic mass is 79.9. The number of aryl methyl sites for hydroxylation is 2. The highest BCUT2D eigenvalue weighted by molar-refractivity contribution is 9.10. The minimum absolute atomic E-state index is 0.142. The minimum atomic E-state index is 0.142. The Morgan fingerprint density at radius 1 is 1.10 bits per heavy atom. The molecule has 3 heteroatoms. The van der Waals surface area contributed by atoms with Gasteiger partial charge in [0, 0.05) is 16.5 Å². The molecule has 2 nitrogen and oxygen atoms in total. The average Bonchev–Trinajstić information content (AvgIpc) is 2.43. The Morgan fingerprint density at radius 3 is 2.35 bits per heavy atom. The van der Waals surface area contributed by atoms with Gasteiger partial charge in [-0.25, -0.2) is 0 Å². The Morgan fingerprint density at radius 2 is 1.75 bits per heavy atom. The van der Waals surface area contributed by atoms with Crippen molar-refractivity contribution in [1.29, 1.82) is 0 Å². The van der Waals surface area contributed by atoms with Crippen molar-refractivity contribution in [2.45, 2.75) is 20.3 Å². The number of carbonyl (C=O) groups excluding carboxylic acids is 1. The molecule has 0 fully saturated rings. The van der Waals surface area contributed by atoms with Crippen LogP contribution in [-0.2, 0) is 6.42 Å². The standard InChI is InChI=1S/C17H17BrO2/c1-11-9-16(18)12(2)8-15(11)17(19)10-13-4-6-14(20-3)7-5-13/h4-9H,10H2,1-3H3. The molecule has 0 saturated carbocycles. The number of methoxy groups -OCH3 is 1. The fourth-order valence-corrected chi connectivity index (χ4v) is 2.56. The molecule has 2 rings (SSSR count). The van der Waals surface area contributed by atoms with Crippen LogP contribution in [0.25, 0.3) is 0 Å². The Hall–Kier alpha value is -1.61. The number of hydrogen-bond acceptors (Lipinski definition) is 2. The summed E-state index contributed by atoms with van der Waals surface area (Å²) in [5.41, 5.74) is 3.87. The number of hydrogen-bond donors (Lipinski definition) is 0. The van der Waals surface area contributed by atoms with E-state index in [1.807, 2.05) is 50.2 Å². The van der Waals surface area contributed by atoms with Crippen LogP contribution in [0.5, 0.6) is 5.75 Å². The molecule has 0 aliphatic heterocycles. The van der Waals surface area contributed by atoms with Gasteiger partial charge in [-0.3, -0.25) is 4.79 Å². The van der Waals surface area contributed by atoms with Gasteiger partial charge in [-0.1, -0.05) is 28.1 Å². The number of carbonyl (C=O) groups is 1. The number of rotatable bonds is 4.